The quantitative estimate of drug-likeness (QED) is 0.933. The van der Waals surface area contributed by atoms with E-state index >= 15 is 0 Å². The van der Waals surface area contributed by atoms with Crippen LogP contribution >= 0.6 is 15.9 Å². The molecule has 0 saturated carbocycles. The van der Waals surface area contributed by atoms with Gasteiger partial charge in [-0.15, -0.1) is 0 Å². The second-order valence-corrected chi connectivity index (χ2v) is 5.40. The molecule has 0 aliphatic carbocycles. The molecule has 1 aromatic carbocycles. The third-order valence-electron chi connectivity index (χ3n) is 2.95. The summed E-state index contributed by atoms with van der Waals surface area (Å²) in [6.07, 6.45) is 0.812. The van der Waals surface area contributed by atoms with Crippen molar-refractivity contribution in [3.05, 3.63) is 34.4 Å². The van der Waals surface area contributed by atoms with E-state index < -0.39 is 0 Å². The molecule has 0 radical (unpaired) electrons. The highest BCUT2D eigenvalue weighted by Crippen LogP contribution is 2.26. The minimum atomic E-state index is -0.352. The minimum absolute atomic E-state index is 0.0123. The SMILES string of the molecule is CCC(c1nc(-c2cc(F)cc(Br)c2)no1)C(C)N. The number of benzene rings is 1. The summed E-state index contributed by atoms with van der Waals surface area (Å²) in [5.74, 6) is 0.524. The molecule has 0 aliphatic heterocycles. The summed E-state index contributed by atoms with van der Waals surface area (Å²) in [6, 6.07) is 4.41. The highest BCUT2D eigenvalue weighted by Gasteiger charge is 2.21. The molecule has 2 N–H and O–H groups in total. The normalized spacial score (nSPS) is 14.4. The Kier molecular flexibility index (Phi) is 4.31. The summed E-state index contributed by atoms with van der Waals surface area (Å²) in [4.78, 5) is 4.31. The number of hydrogen-bond acceptors (Lipinski definition) is 4. The zero-order valence-corrected chi connectivity index (χ0v) is 12.3. The van der Waals surface area contributed by atoms with Crippen molar-refractivity contribution in [1.82, 2.24) is 10.1 Å². The molecule has 1 aromatic heterocycles. The lowest BCUT2D eigenvalue weighted by Crippen LogP contribution is -2.24. The van der Waals surface area contributed by atoms with Crippen LogP contribution in [0, 0.1) is 5.82 Å². The van der Waals surface area contributed by atoms with Crippen molar-refractivity contribution in [2.75, 3.05) is 0 Å². The number of nitrogens with two attached hydrogens (primary N) is 1. The van der Waals surface area contributed by atoms with Gasteiger partial charge in [0.15, 0.2) is 0 Å². The van der Waals surface area contributed by atoms with E-state index in [2.05, 4.69) is 26.1 Å². The Bertz CT molecular complexity index is 551. The van der Waals surface area contributed by atoms with Gasteiger partial charge in [-0.3, -0.25) is 0 Å². The Morgan fingerprint density at radius 1 is 1.42 bits per heavy atom. The van der Waals surface area contributed by atoms with Crippen LogP contribution in [0.15, 0.2) is 27.2 Å². The molecular formula is C13H15BrFN3O. The van der Waals surface area contributed by atoms with E-state index in [1.165, 1.54) is 12.1 Å². The largest absolute Gasteiger partial charge is 0.339 e. The third-order valence-corrected chi connectivity index (χ3v) is 3.41. The number of rotatable bonds is 4. The Labute approximate surface area is 119 Å². The maximum absolute atomic E-state index is 13.3. The molecule has 2 aromatic rings. The van der Waals surface area contributed by atoms with Gasteiger partial charge in [-0.1, -0.05) is 28.0 Å². The number of halogens is 2. The Balaban J connectivity index is 2.35. The van der Waals surface area contributed by atoms with Crippen molar-refractivity contribution in [1.29, 1.82) is 0 Å². The number of aromatic nitrogens is 2. The molecule has 0 aliphatic rings. The highest BCUT2D eigenvalue weighted by molar-refractivity contribution is 9.10. The number of hydrogen-bond donors (Lipinski definition) is 1. The minimum Gasteiger partial charge on any atom is -0.339 e. The summed E-state index contributed by atoms with van der Waals surface area (Å²) >= 11 is 3.24. The Morgan fingerprint density at radius 2 is 2.16 bits per heavy atom. The van der Waals surface area contributed by atoms with Crippen molar-refractivity contribution in [2.45, 2.75) is 32.2 Å². The first kappa shape index (κ1) is 14.1. The predicted molar refractivity (Wildman–Crippen MR) is 74.1 cm³/mol. The van der Waals surface area contributed by atoms with Crippen LogP contribution in [0.25, 0.3) is 11.4 Å². The molecule has 2 unspecified atom stereocenters. The van der Waals surface area contributed by atoms with Gasteiger partial charge in [0.2, 0.25) is 11.7 Å². The lowest BCUT2D eigenvalue weighted by Gasteiger charge is -2.13. The molecule has 0 bridgehead atoms. The van der Waals surface area contributed by atoms with Crippen LogP contribution in [0.1, 0.15) is 32.1 Å². The zero-order chi connectivity index (χ0) is 14.0. The molecule has 1 heterocycles. The van der Waals surface area contributed by atoms with E-state index in [9.17, 15) is 4.39 Å². The monoisotopic (exact) mass is 327 g/mol. The van der Waals surface area contributed by atoms with Gasteiger partial charge in [0.25, 0.3) is 0 Å². The van der Waals surface area contributed by atoms with Crippen molar-refractivity contribution in [3.63, 3.8) is 0 Å². The molecule has 0 spiro atoms. The molecule has 0 amide bonds. The van der Waals surface area contributed by atoms with Crippen LogP contribution in [0.2, 0.25) is 0 Å². The molecular weight excluding hydrogens is 313 g/mol. The molecule has 19 heavy (non-hydrogen) atoms. The first-order valence-electron chi connectivity index (χ1n) is 6.07. The second kappa shape index (κ2) is 5.79. The molecule has 0 fully saturated rings. The molecule has 2 rings (SSSR count). The summed E-state index contributed by atoms with van der Waals surface area (Å²) in [7, 11) is 0. The molecule has 4 nitrogen and oxygen atoms in total. The van der Waals surface area contributed by atoms with E-state index in [-0.39, 0.29) is 17.8 Å². The van der Waals surface area contributed by atoms with Crippen LogP contribution < -0.4 is 5.73 Å². The fourth-order valence-corrected chi connectivity index (χ4v) is 2.42. The summed E-state index contributed by atoms with van der Waals surface area (Å²) in [5, 5.41) is 3.89. The average molecular weight is 328 g/mol. The maximum atomic E-state index is 13.3. The first-order valence-corrected chi connectivity index (χ1v) is 6.86. The lowest BCUT2D eigenvalue weighted by molar-refractivity contribution is 0.334. The second-order valence-electron chi connectivity index (χ2n) is 4.49. The fraction of sp³-hybridized carbons (Fsp3) is 0.385. The summed E-state index contributed by atoms with van der Waals surface area (Å²) in [6.45, 7) is 3.91. The Hall–Kier alpha value is -1.27. The predicted octanol–water partition coefficient (Wildman–Crippen LogP) is 3.48. The van der Waals surface area contributed by atoms with Gasteiger partial charge < -0.3 is 10.3 Å². The summed E-state index contributed by atoms with van der Waals surface area (Å²) < 4.78 is 19.2. The molecule has 2 atom stereocenters. The highest BCUT2D eigenvalue weighted by atomic mass is 79.9. The van der Waals surface area contributed by atoms with Crippen LogP contribution in [0.4, 0.5) is 4.39 Å². The van der Waals surface area contributed by atoms with Gasteiger partial charge in [-0.2, -0.15) is 4.98 Å². The van der Waals surface area contributed by atoms with E-state index in [0.717, 1.165) is 6.42 Å². The zero-order valence-electron chi connectivity index (χ0n) is 10.7. The molecule has 6 heteroatoms. The topological polar surface area (TPSA) is 64.9 Å². The van der Waals surface area contributed by atoms with Crippen molar-refractivity contribution < 1.29 is 8.91 Å². The van der Waals surface area contributed by atoms with Crippen LogP contribution in [0.3, 0.4) is 0 Å². The Morgan fingerprint density at radius 3 is 2.74 bits per heavy atom. The average Bonchev–Trinajstić information content (AvgIpc) is 2.77. The van der Waals surface area contributed by atoms with Gasteiger partial charge in [0, 0.05) is 16.1 Å². The van der Waals surface area contributed by atoms with Crippen molar-refractivity contribution in [3.8, 4) is 11.4 Å². The van der Waals surface area contributed by atoms with E-state index in [1.807, 2.05) is 13.8 Å². The van der Waals surface area contributed by atoms with Gasteiger partial charge in [0.1, 0.15) is 5.82 Å². The van der Waals surface area contributed by atoms with E-state index in [1.54, 1.807) is 6.07 Å². The number of nitrogens with zero attached hydrogens (tertiary/aromatic N) is 2. The van der Waals surface area contributed by atoms with Crippen LogP contribution in [-0.2, 0) is 0 Å². The third kappa shape index (κ3) is 3.19. The van der Waals surface area contributed by atoms with Crippen molar-refractivity contribution in [2.24, 2.45) is 5.73 Å². The maximum Gasteiger partial charge on any atom is 0.231 e. The van der Waals surface area contributed by atoms with Crippen LogP contribution in [-0.4, -0.2) is 16.2 Å². The van der Waals surface area contributed by atoms with Gasteiger partial charge in [-0.05, 0) is 31.5 Å². The first-order chi connectivity index (χ1) is 9.01. The van der Waals surface area contributed by atoms with E-state index in [0.29, 0.717) is 21.8 Å². The standard InChI is InChI=1S/C13H15BrFN3O/c1-3-11(7(2)16)13-17-12(18-19-13)8-4-9(14)6-10(15)5-8/h4-7,11H,3,16H2,1-2H3. The summed E-state index contributed by atoms with van der Waals surface area (Å²) in [5.41, 5.74) is 6.45. The van der Waals surface area contributed by atoms with E-state index in [4.69, 9.17) is 10.3 Å². The lowest BCUT2D eigenvalue weighted by atomic mass is 9.99. The van der Waals surface area contributed by atoms with Gasteiger partial charge in [-0.25, -0.2) is 4.39 Å². The smallest absolute Gasteiger partial charge is 0.231 e. The van der Waals surface area contributed by atoms with Gasteiger partial charge >= 0.3 is 0 Å². The molecule has 0 saturated heterocycles. The van der Waals surface area contributed by atoms with Gasteiger partial charge in [0.05, 0.1) is 5.92 Å². The van der Waals surface area contributed by atoms with Crippen molar-refractivity contribution >= 4 is 15.9 Å². The fourth-order valence-electron chi connectivity index (χ4n) is 1.96. The molecule has 102 valence electrons. The van der Waals surface area contributed by atoms with Crippen LogP contribution in [0.5, 0.6) is 0 Å².